The lowest BCUT2D eigenvalue weighted by Crippen LogP contribution is -2.30. The molecule has 1 saturated carbocycles. The van der Waals surface area contributed by atoms with Crippen LogP contribution >= 0.6 is 0 Å². The van der Waals surface area contributed by atoms with Crippen molar-refractivity contribution < 1.29 is 9.32 Å². The van der Waals surface area contributed by atoms with Crippen LogP contribution in [0.15, 0.2) is 47.1 Å². The number of anilines is 1. The number of hydrogen-bond donors (Lipinski definition) is 3. The fraction of sp³-hybridized carbons (Fsp3) is 0.360. The van der Waals surface area contributed by atoms with Gasteiger partial charge in [0.1, 0.15) is 11.6 Å². The molecule has 1 aromatic carbocycles. The number of para-hydroxylation sites is 1. The Morgan fingerprint density at radius 3 is 2.73 bits per heavy atom. The maximum absolute atomic E-state index is 13.1. The Balaban J connectivity index is 1.50. The normalized spacial score (nSPS) is 14.5. The Kier molecular flexibility index (Phi) is 5.58. The molecule has 1 aliphatic carbocycles. The summed E-state index contributed by atoms with van der Waals surface area (Å²) in [5, 5.41) is 11.4. The quantitative estimate of drug-likeness (QED) is 0.363. The molecule has 8 heteroatoms. The van der Waals surface area contributed by atoms with E-state index >= 15 is 0 Å². The Bertz CT molecular complexity index is 1290. The summed E-state index contributed by atoms with van der Waals surface area (Å²) in [6.45, 7) is 4.03. The Labute approximate surface area is 192 Å². The van der Waals surface area contributed by atoms with Gasteiger partial charge in [-0.25, -0.2) is 9.97 Å². The number of fused-ring (bicyclic) bond motifs is 1. The molecule has 170 valence electrons. The summed E-state index contributed by atoms with van der Waals surface area (Å²) in [6, 6.07) is 11.4. The first-order chi connectivity index (χ1) is 16.0. The first kappa shape index (κ1) is 21.2. The largest absolute Gasteiger partial charge is 0.373 e. The Morgan fingerprint density at radius 2 is 2.00 bits per heavy atom. The molecule has 1 atom stereocenters. The fourth-order valence-corrected chi connectivity index (χ4v) is 3.96. The summed E-state index contributed by atoms with van der Waals surface area (Å²) >= 11 is 0. The molecule has 1 aliphatic rings. The van der Waals surface area contributed by atoms with Crippen LogP contribution in [-0.2, 0) is 6.42 Å². The van der Waals surface area contributed by atoms with Gasteiger partial charge in [-0.05, 0) is 30.4 Å². The van der Waals surface area contributed by atoms with E-state index < -0.39 is 0 Å². The smallest absolute Gasteiger partial charge is 0.290 e. The van der Waals surface area contributed by atoms with E-state index in [0.29, 0.717) is 12.3 Å². The van der Waals surface area contributed by atoms with Crippen LogP contribution in [0.1, 0.15) is 77.9 Å². The summed E-state index contributed by atoms with van der Waals surface area (Å²) in [5.74, 6) is 2.05. The molecule has 0 spiro atoms. The predicted molar refractivity (Wildman–Crippen MR) is 126 cm³/mol. The summed E-state index contributed by atoms with van der Waals surface area (Å²) < 4.78 is 5.33. The molecule has 0 unspecified atom stereocenters. The van der Waals surface area contributed by atoms with E-state index in [1.807, 2.05) is 51.4 Å². The molecule has 3 aromatic heterocycles. The van der Waals surface area contributed by atoms with Crippen LogP contribution in [-0.4, -0.2) is 33.1 Å². The molecule has 0 aliphatic heterocycles. The number of aromatic nitrogens is 4. The van der Waals surface area contributed by atoms with Crippen LogP contribution in [0, 0.1) is 0 Å². The third-order valence-electron chi connectivity index (χ3n) is 6.07. The van der Waals surface area contributed by atoms with Crippen LogP contribution in [0.2, 0.25) is 0 Å². The van der Waals surface area contributed by atoms with Crippen molar-refractivity contribution in [3.63, 3.8) is 0 Å². The lowest BCUT2D eigenvalue weighted by Gasteiger charge is -2.19. The SMILES string of the molecule is CNc1cc([C@@H](Cc2c[nH]c3ccccc23)NC(=O)c2cc(C(C)C)no2)nc(C2CC2)n1. The fourth-order valence-electron chi connectivity index (χ4n) is 3.96. The zero-order chi connectivity index (χ0) is 22.9. The highest BCUT2D eigenvalue weighted by molar-refractivity contribution is 5.92. The van der Waals surface area contributed by atoms with Gasteiger partial charge in [0.05, 0.1) is 17.4 Å². The maximum atomic E-state index is 13.1. The average Bonchev–Trinajstić information content (AvgIpc) is 3.41. The van der Waals surface area contributed by atoms with Gasteiger partial charge in [0.25, 0.3) is 5.91 Å². The van der Waals surface area contributed by atoms with Crippen molar-refractivity contribution in [2.75, 3.05) is 12.4 Å². The molecule has 1 amide bonds. The zero-order valence-electron chi connectivity index (χ0n) is 19.1. The van der Waals surface area contributed by atoms with Crippen LogP contribution < -0.4 is 10.6 Å². The number of rotatable bonds is 8. The number of carbonyl (C=O) groups excluding carboxylic acids is 1. The summed E-state index contributed by atoms with van der Waals surface area (Å²) in [6.07, 6.45) is 4.77. The number of benzene rings is 1. The summed E-state index contributed by atoms with van der Waals surface area (Å²) in [4.78, 5) is 25.9. The van der Waals surface area contributed by atoms with Gasteiger partial charge in [0.15, 0.2) is 0 Å². The van der Waals surface area contributed by atoms with Crippen LogP contribution in [0.3, 0.4) is 0 Å². The van der Waals surface area contributed by atoms with Crippen molar-refractivity contribution in [2.24, 2.45) is 0 Å². The molecule has 0 saturated heterocycles. The minimum atomic E-state index is -0.364. The average molecular weight is 445 g/mol. The van der Waals surface area contributed by atoms with Crippen molar-refractivity contribution >= 4 is 22.6 Å². The molecule has 8 nitrogen and oxygen atoms in total. The van der Waals surface area contributed by atoms with Gasteiger partial charge in [-0.2, -0.15) is 0 Å². The number of hydrogen-bond acceptors (Lipinski definition) is 6. The zero-order valence-corrected chi connectivity index (χ0v) is 19.1. The Hall–Kier alpha value is -3.68. The third kappa shape index (κ3) is 4.46. The molecule has 33 heavy (non-hydrogen) atoms. The topological polar surface area (TPSA) is 109 Å². The highest BCUT2D eigenvalue weighted by Crippen LogP contribution is 2.39. The first-order valence-electron chi connectivity index (χ1n) is 11.4. The lowest BCUT2D eigenvalue weighted by atomic mass is 10.0. The second kappa shape index (κ2) is 8.69. The third-order valence-corrected chi connectivity index (χ3v) is 6.07. The summed E-state index contributed by atoms with van der Waals surface area (Å²) in [7, 11) is 1.85. The molecule has 0 bridgehead atoms. The first-order valence-corrected chi connectivity index (χ1v) is 11.4. The van der Waals surface area contributed by atoms with Gasteiger partial charge in [-0.3, -0.25) is 4.79 Å². The van der Waals surface area contributed by atoms with E-state index in [1.165, 1.54) is 0 Å². The van der Waals surface area contributed by atoms with E-state index in [9.17, 15) is 4.79 Å². The van der Waals surface area contributed by atoms with E-state index in [0.717, 1.165) is 52.3 Å². The van der Waals surface area contributed by atoms with Gasteiger partial charge in [0.2, 0.25) is 5.76 Å². The highest BCUT2D eigenvalue weighted by Gasteiger charge is 2.29. The molecular weight excluding hydrogens is 416 g/mol. The second-order valence-electron chi connectivity index (χ2n) is 8.92. The molecular formula is C25H28N6O2. The van der Waals surface area contributed by atoms with Crippen molar-refractivity contribution in [1.82, 2.24) is 25.4 Å². The second-order valence-corrected chi connectivity index (χ2v) is 8.92. The molecule has 3 heterocycles. The van der Waals surface area contributed by atoms with Gasteiger partial charge in [-0.1, -0.05) is 37.2 Å². The van der Waals surface area contributed by atoms with Crippen LogP contribution in [0.5, 0.6) is 0 Å². The molecule has 3 N–H and O–H groups in total. The maximum Gasteiger partial charge on any atom is 0.290 e. The van der Waals surface area contributed by atoms with Crippen molar-refractivity contribution in [1.29, 1.82) is 0 Å². The van der Waals surface area contributed by atoms with Gasteiger partial charge >= 0.3 is 0 Å². The molecule has 4 aromatic rings. The van der Waals surface area contributed by atoms with Crippen molar-refractivity contribution in [3.05, 3.63) is 71.1 Å². The number of nitrogens with zero attached hydrogens (tertiary/aromatic N) is 3. The number of H-pyrrole nitrogens is 1. The van der Waals surface area contributed by atoms with Gasteiger partial charge in [-0.15, -0.1) is 0 Å². The van der Waals surface area contributed by atoms with Gasteiger partial charge in [0, 0.05) is 48.6 Å². The van der Waals surface area contributed by atoms with E-state index in [2.05, 4.69) is 31.8 Å². The van der Waals surface area contributed by atoms with Crippen LogP contribution in [0.4, 0.5) is 5.82 Å². The standard InChI is InChI=1S/C25H28N6O2/c1-14(2)19-11-22(33-31-19)25(32)29-20(10-16-13-27-18-7-5-4-6-17(16)18)21-12-23(26-3)30-24(28-21)15-8-9-15/h4-7,11-15,20,27H,8-10H2,1-3H3,(H,29,32)(H,26,28,30)/t20-/m1/s1. The summed E-state index contributed by atoms with van der Waals surface area (Å²) in [5.41, 5.74) is 3.70. The molecule has 5 rings (SSSR count). The Morgan fingerprint density at radius 1 is 1.18 bits per heavy atom. The van der Waals surface area contributed by atoms with Crippen LogP contribution in [0.25, 0.3) is 10.9 Å². The van der Waals surface area contributed by atoms with Crippen molar-refractivity contribution in [2.45, 2.75) is 51.0 Å². The van der Waals surface area contributed by atoms with E-state index in [1.54, 1.807) is 6.07 Å². The minimum absolute atomic E-state index is 0.179. The van der Waals surface area contributed by atoms with Crippen molar-refractivity contribution in [3.8, 4) is 0 Å². The predicted octanol–water partition coefficient (Wildman–Crippen LogP) is 4.70. The number of nitrogens with one attached hydrogen (secondary N) is 3. The lowest BCUT2D eigenvalue weighted by molar-refractivity contribution is 0.0898. The number of aromatic amines is 1. The van der Waals surface area contributed by atoms with E-state index in [4.69, 9.17) is 9.51 Å². The molecule has 1 fully saturated rings. The number of carbonyl (C=O) groups is 1. The monoisotopic (exact) mass is 444 g/mol. The number of amides is 1. The minimum Gasteiger partial charge on any atom is -0.373 e. The highest BCUT2D eigenvalue weighted by atomic mass is 16.5. The molecule has 0 radical (unpaired) electrons. The van der Waals surface area contributed by atoms with Gasteiger partial charge < -0.3 is 20.1 Å². The van der Waals surface area contributed by atoms with E-state index in [-0.39, 0.29) is 23.6 Å².